The molecule has 6 heteroatoms. The first kappa shape index (κ1) is 8.99. The zero-order valence-corrected chi connectivity index (χ0v) is 7.26. The normalized spacial score (nSPS) is 9.83. The first-order valence-corrected chi connectivity index (χ1v) is 3.88. The van der Waals surface area contributed by atoms with Gasteiger partial charge in [0.15, 0.2) is 0 Å². The molecule has 0 aliphatic heterocycles. The number of nitrogens with one attached hydrogen (secondary N) is 1. The van der Waals surface area contributed by atoms with Crippen LogP contribution in [0.3, 0.4) is 0 Å². The molecule has 0 atom stereocenters. The number of aryl methyl sites for hydroxylation is 1. The molecule has 1 heterocycles. The predicted octanol–water partition coefficient (Wildman–Crippen LogP) is 0.233. The molecule has 0 fully saturated rings. The van der Waals surface area contributed by atoms with Crippen LogP contribution in [0.2, 0.25) is 0 Å². The minimum absolute atomic E-state index is 0.0513. The second-order valence-corrected chi connectivity index (χ2v) is 2.47. The van der Waals surface area contributed by atoms with Crippen molar-refractivity contribution in [3.63, 3.8) is 0 Å². The van der Waals surface area contributed by atoms with Crippen molar-refractivity contribution in [3.05, 3.63) is 11.4 Å². The van der Waals surface area contributed by atoms with E-state index in [2.05, 4.69) is 20.3 Å². The number of hydrogen-bond acceptors (Lipinski definition) is 4. The van der Waals surface area contributed by atoms with Crippen LogP contribution in [0.1, 0.15) is 11.4 Å². The summed E-state index contributed by atoms with van der Waals surface area (Å²) in [5.74, 6) is -0.288. The van der Waals surface area contributed by atoms with Crippen LogP contribution in [0, 0.1) is 6.92 Å². The fraction of sp³-hybridized carbons (Fsp3) is 0.500. The van der Waals surface area contributed by atoms with E-state index < -0.39 is 0 Å². The second kappa shape index (κ2) is 4.06. The lowest BCUT2D eigenvalue weighted by molar-refractivity contribution is -0.118. The van der Waals surface area contributed by atoms with Crippen LogP contribution in [0.25, 0.3) is 0 Å². The molecular formula is C6H8ClN3O2. The van der Waals surface area contributed by atoms with E-state index >= 15 is 0 Å². The Morgan fingerprint density at radius 1 is 1.67 bits per heavy atom. The number of halogens is 1. The van der Waals surface area contributed by atoms with Gasteiger partial charge in [0.2, 0.25) is 5.91 Å². The number of alkyl halides is 1. The van der Waals surface area contributed by atoms with E-state index in [1.165, 1.54) is 0 Å². The molecular weight excluding hydrogens is 182 g/mol. The Labute approximate surface area is 74.0 Å². The molecule has 0 saturated heterocycles. The van der Waals surface area contributed by atoms with E-state index in [-0.39, 0.29) is 11.8 Å². The van der Waals surface area contributed by atoms with Crippen molar-refractivity contribution in [1.29, 1.82) is 0 Å². The van der Waals surface area contributed by atoms with E-state index in [1.54, 1.807) is 6.92 Å². The highest BCUT2D eigenvalue weighted by atomic mass is 35.5. The highest BCUT2D eigenvalue weighted by molar-refractivity contribution is 6.27. The van der Waals surface area contributed by atoms with Crippen molar-refractivity contribution in [2.24, 2.45) is 0 Å². The monoisotopic (exact) mass is 189 g/mol. The Bertz CT molecular complexity index is 274. The van der Waals surface area contributed by atoms with E-state index in [1.807, 2.05) is 0 Å². The van der Waals surface area contributed by atoms with Gasteiger partial charge in [-0.05, 0) is 6.92 Å². The average Bonchev–Trinajstić information content (AvgIpc) is 2.47. The third-order valence-corrected chi connectivity index (χ3v) is 1.56. The minimum Gasteiger partial charge on any atom is -0.349 e. The van der Waals surface area contributed by atoms with Gasteiger partial charge in [-0.3, -0.25) is 4.79 Å². The number of rotatable bonds is 3. The van der Waals surface area contributed by atoms with E-state index in [0.29, 0.717) is 17.9 Å². The lowest BCUT2D eigenvalue weighted by atomic mass is 10.3. The molecule has 1 aromatic rings. The van der Waals surface area contributed by atoms with Crippen molar-refractivity contribution in [1.82, 2.24) is 15.6 Å². The Balaban J connectivity index is 2.43. The first-order chi connectivity index (χ1) is 5.74. The molecule has 1 amide bonds. The number of hydrogen-bond donors (Lipinski definition) is 1. The lowest BCUT2D eigenvalue weighted by Gasteiger charge is -1.97. The first-order valence-electron chi connectivity index (χ1n) is 3.34. The summed E-state index contributed by atoms with van der Waals surface area (Å²) in [4.78, 5) is 10.7. The van der Waals surface area contributed by atoms with Crippen LogP contribution in [0.4, 0.5) is 0 Å². The molecule has 1 N–H and O–H groups in total. The predicted molar refractivity (Wildman–Crippen MR) is 41.6 cm³/mol. The fourth-order valence-electron chi connectivity index (χ4n) is 0.639. The van der Waals surface area contributed by atoms with Gasteiger partial charge in [-0.2, -0.15) is 0 Å². The van der Waals surface area contributed by atoms with Crippen LogP contribution in [-0.4, -0.2) is 22.1 Å². The van der Waals surface area contributed by atoms with Gasteiger partial charge in [0.25, 0.3) is 0 Å². The highest BCUT2D eigenvalue weighted by Gasteiger charge is 2.05. The lowest BCUT2D eigenvalue weighted by Crippen LogP contribution is -2.24. The summed E-state index contributed by atoms with van der Waals surface area (Å²) in [5, 5.41) is 9.67. The zero-order chi connectivity index (χ0) is 8.97. The highest BCUT2D eigenvalue weighted by Crippen LogP contribution is 1.98. The summed E-state index contributed by atoms with van der Waals surface area (Å²) in [6.45, 7) is 2.06. The number of carbonyl (C=O) groups is 1. The minimum atomic E-state index is -0.237. The largest absolute Gasteiger partial charge is 0.349 e. The van der Waals surface area contributed by atoms with E-state index in [0.717, 1.165) is 0 Å². The summed E-state index contributed by atoms with van der Waals surface area (Å²) >= 11 is 5.26. The molecule has 12 heavy (non-hydrogen) atoms. The molecule has 0 spiro atoms. The maximum Gasteiger partial charge on any atom is 0.235 e. The van der Waals surface area contributed by atoms with E-state index in [4.69, 9.17) is 11.6 Å². The van der Waals surface area contributed by atoms with Gasteiger partial charge in [-0.15, -0.1) is 11.6 Å². The SMILES string of the molecule is Cc1nonc1CNC(=O)CCl. The van der Waals surface area contributed by atoms with Crippen molar-refractivity contribution in [2.75, 3.05) is 5.88 Å². The fourth-order valence-corrected chi connectivity index (χ4v) is 0.734. The van der Waals surface area contributed by atoms with Crippen LogP contribution in [-0.2, 0) is 11.3 Å². The van der Waals surface area contributed by atoms with Crippen LogP contribution in [0.15, 0.2) is 4.63 Å². The molecule has 0 unspecified atom stereocenters. The molecule has 0 aliphatic carbocycles. The topological polar surface area (TPSA) is 68.0 Å². The smallest absolute Gasteiger partial charge is 0.235 e. The van der Waals surface area contributed by atoms with Gasteiger partial charge in [-0.25, -0.2) is 4.63 Å². The molecule has 0 aromatic carbocycles. The molecule has 0 saturated carbocycles. The quantitative estimate of drug-likeness (QED) is 0.692. The average molecular weight is 190 g/mol. The molecule has 1 aromatic heterocycles. The molecule has 0 radical (unpaired) electrons. The number of nitrogens with zero attached hydrogens (tertiary/aromatic N) is 2. The summed E-state index contributed by atoms with van der Waals surface area (Å²) in [7, 11) is 0. The summed E-state index contributed by atoms with van der Waals surface area (Å²) in [6.07, 6.45) is 0. The maximum absolute atomic E-state index is 10.7. The third-order valence-electron chi connectivity index (χ3n) is 1.32. The Hall–Kier alpha value is -1.10. The van der Waals surface area contributed by atoms with Crippen LogP contribution >= 0.6 is 11.6 Å². The Morgan fingerprint density at radius 2 is 2.42 bits per heavy atom. The molecule has 66 valence electrons. The van der Waals surface area contributed by atoms with Gasteiger partial charge in [0.1, 0.15) is 17.3 Å². The van der Waals surface area contributed by atoms with Crippen molar-refractivity contribution in [2.45, 2.75) is 13.5 Å². The molecule has 5 nitrogen and oxygen atoms in total. The van der Waals surface area contributed by atoms with Crippen molar-refractivity contribution in [3.8, 4) is 0 Å². The number of amides is 1. The Kier molecular flexibility index (Phi) is 3.04. The Morgan fingerprint density at radius 3 is 2.92 bits per heavy atom. The van der Waals surface area contributed by atoms with Gasteiger partial charge in [-0.1, -0.05) is 10.3 Å². The van der Waals surface area contributed by atoms with Crippen LogP contribution in [0.5, 0.6) is 0 Å². The molecule has 0 bridgehead atoms. The molecule has 1 rings (SSSR count). The van der Waals surface area contributed by atoms with Gasteiger partial charge in [0, 0.05) is 0 Å². The third kappa shape index (κ3) is 2.20. The van der Waals surface area contributed by atoms with Gasteiger partial charge in [0.05, 0.1) is 6.54 Å². The van der Waals surface area contributed by atoms with Crippen molar-refractivity contribution < 1.29 is 9.42 Å². The second-order valence-electron chi connectivity index (χ2n) is 2.21. The standard InChI is InChI=1S/C6H8ClN3O2/c1-4-5(10-12-9-4)3-8-6(11)2-7/h2-3H2,1H3,(H,8,11). The number of aromatic nitrogens is 2. The van der Waals surface area contributed by atoms with E-state index in [9.17, 15) is 4.79 Å². The number of carbonyl (C=O) groups excluding carboxylic acids is 1. The summed E-state index contributed by atoms with van der Waals surface area (Å²) in [5.41, 5.74) is 1.29. The van der Waals surface area contributed by atoms with Gasteiger partial charge < -0.3 is 5.32 Å². The van der Waals surface area contributed by atoms with Crippen LogP contribution < -0.4 is 5.32 Å². The molecule has 0 aliphatic rings. The van der Waals surface area contributed by atoms with Gasteiger partial charge >= 0.3 is 0 Å². The summed E-state index contributed by atoms with van der Waals surface area (Å²) < 4.78 is 4.43. The van der Waals surface area contributed by atoms with Crippen molar-refractivity contribution >= 4 is 17.5 Å². The summed E-state index contributed by atoms with van der Waals surface area (Å²) in [6, 6.07) is 0. The maximum atomic E-state index is 10.7. The zero-order valence-electron chi connectivity index (χ0n) is 6.50.